The van der Waals surface area contributed by atoms with E-state index in [0.717, 1.165) is 40.4 Å². The Balaban J connectivity index is 2.03. The molecule has 2 aromatic heterocycles. The number of anilines is 1. The van der Waals surface area contributed by atoms with Crippen LogP contribution in [0.15, 0.2) is 5.16 Å². The Hall–Kier alpha value is -0.850. The first-order valence-corrected chi connectivity index (χ1v) is 8.85. The zero-order valence-corrected chi connectivity index (χ0v) is 13.4. The SMILES string of the molecule is CCC[C@@H]1Cc2c(sc3nc(SCC)nc(N)c23)CO1. The van der Waals surface area contributed by atoms with Crippen LogP contribution in [0.5, 0.6) is 0 Å². The predicted molar refractivity (Wildman–Crippen MR) is 85.4 cm³/mol. The number of ether oxygens (including phenoxy) is 1. The zero-order chi connectivity index (χ0) is 14.1. The lowest BCUT2D eigenvalue weighted by Gasteiger charge is -2.22. The van der Waals surface area contributed by atoms with Crippen LogP contribution in [0.3, 0.4) is 0 Å². The topological polar surface area (TPSA) is 61.0 Å². The minimum Gasteiger partial charge on any atom is -0.383 e. The van der Waals surface area contributed by atoms with Crippen LogP contribution in [-0.2, 0) is 17.8 Å². The molecule has 0 amide bonds. The molecule has 4 nitrogen and oxygen atoms in total. The van der Waals surface area contributed by atoms with E-state index in [0.29, 0.717) is 18.5 Å². The van der Waals surface area contributed by atoms with E-state index in [4.69, 9.17) is 10.5 Å². The summed E-state index contributed by atoms with van der Waals surface area (Å²) < 4.78 is 5.91. The molecule has 0 aromatic carbocycles. The monoisotopic (exact) mass is 309 g/mol. The number of rotatable bonds is 4. The Labute approximate surface area is 127 Å². The molecule has 0 saturated carbocycles. The summed E-state index contributed by atoms with van der Waals surface area (Å²) in [5, 5.41) is 1.84. The highest BCUT2D eigenvalue weighted by Crippen LogP contribution is 2.38. The van der Waals surface area contributed by atoms with Gasteiger partial charge in [-0.1, -0.05) is 32.0 Å². The third-order valence-corrected chi connectivity index (χ3v) is 5.34. The molecule has 6 heteroatoms. The Bertz CT molecular complexity index is 626. The van der Waals surface area contributed by atoms with Crippen molar-refractivity contribution in [2.24, 2.45) is 0 Å². The molecule has 2 aromatic rings. The van der Waals surface area contributed by atoms with Crippen molar-refractivity contribution in [1.29, 1.82) is 0 Å². The third-order valence-electron chi connectivity index (χ3n) is 3.51. The van der Waals surface area contributed by atoms with Crippen LogP contribution in [0.1, 0.15) is 37.1 Å². The van der Waals surface area contributed by atoms with E-state index in [1.54, 1.807) is 23.1 Å². The molecular weight excluding hydrogens is 290 g/mol. The highest BCUT2D eigenvalue weighted by molar-refractivity contribution is 7.99. The van der Waals surface area contributed by atoms with Gasteiger partial charge in [0.25, 0.3) is 0 Å². The quantitative estimate of drug-likeness (QED) is 0.690. The van der Waals surface area contributed by atoms with Gasteiger partial charge in [-0.15, -0.1) is 11.3 Å². The molecular formula is C14H19N3OS2. The molecule has 3 rings (SSSR count). The first-order valence-electron chi connectivity index (χ1n) is 7.05. The van der Waals surface area contributed by atoms with Gasteiger partial charge in [0.2, 0.25) is 0 Å². The van der Waals surface area contributed by atoms with Gasteiger partial charge in [-0.05, 0) is 17.7 Å². The minimum absolute atomic E-state index is 0.314. The van der Waals surface area contributed by atoms with Crippen molar-refractivity contribution in [2.75, 3.05) is 11.5 Å². The molecule has 0 bridgehead atoms. The van der Waals surface area contributed by atoms with Crippen molar-refractivity contribution in [3.8, 4) is 0 Å². The summed E-state index contributed by atoms with van der Waals surface area (Å²) in [5.41, 5.74) is 7.50. The second kappa shape index (κ2) is 5.87. The van der Waals surface area contributed by atoms with Crippen LogP contribution in [-0.4, -0.2) is 21.8 Å². The normalized spacial score (nSPS) is 18.4. The van der Waals surface area contributed by atoms with Crippen molar-refractivity contribution in [2.45, 2.75) is 51.0 Å². The highest BCUT2D eigenvalue weighted by atomic mass is 32.2. The van der Waals surface area contributed by atoms with Gasteiger partial charge in [-0.3, -0.25) is 0 Å². The summed E-state index contributed by atoms with van der Waals surface area (Å²) in [6.45, 7) is 4.98. The minimum atomic E-state index is 0.314. The molecule has 3 heterocycles. The summed E-state index contributed by atoms with van der Waals surface area (Å²) >= 11 is 3.34. The number of aromatic nitrogens is 2. The second-order valence-electron chi connectivity index (χ2n) is 4.93. The Morgan fingerprint density at radius 1 is 1.40 bits per heavy atom. The lowest BCUT2D eigenvalue weighted by Crippen LogP contribution is -2.21. The summed E-state index contributed by atoms with van der Waals surface area (Å²) in [5.74, 6) is 1.58. The van der Waals surface area contributed by atoms with Crippen LogP contribution in [0.4, 0.5) is 5.82 Å². The number of thiophene rings is 1. The molecule has 20 heavy (non-hydrogen) atoms. The Morgan fingerprint density at radius 2 is 2.25 bits per heavy atom. The van der Waals surface area contributed by atoms with E-state index in [2.05, 4.69) is 23.8 Å². The van der Waals surface area contributed by atoms with E-state index < -0.39 is 0 Å². The number of nitrogens with zero attached hydrogens (tertiary/aromatic N) is 2. The molecule has 0 aliphatic carbocycles. The predicted octanol–water partition coefficient (Wildman–Crippen LogP) is 3.63. The summed E-state index contributed by atoms with van der Waals surface area (Å²) in [6, 6.07) is 0. The van der Waals surface area contributed by atoms with E-state index in [1.807, 2.05) is 0 Å². The molecule has 0 fully saturated rings. The lowest BCUT2D eigenvalue weighted by molar-refractivity contribution is 0.0254. The van der Waals surface area contributed by atoms with E-state index in [9.17, 15) is 0 Å². The summed E-state index contributed by atoms with van der Waals surface area (Å²) in [7, 11) is 0. The Morgan fingerprint density at radius 3 is 3.00 bits per heavy atom. The van der Waals surface area contributed by atoms with Gasteiger partial charge in [0.15, 0.2) is 5.16 Å². The number of hydrogen-bond donors (Lipinski definition) is 1. The zero-order valence-electron chi connectivity index (χ0n) is 11.8. The standard InChI is InChI=1S/C14H19N3OS2/c1-3-5-8-6-9-10(7-18-8)20-13-11(9)12(15)16-14(17-13)19-4-2/h8H,3-7H2,1-2H3,(H2,15,16,17)/t8-/m1/s1. The van der Waals surface area contributed by atoms with Gasteiger partial charge in [0, 0.05) is 11.3 Å². The van der Waals surface area contributed by atoms with Crippen molar-refractivity contribution in [3.63, 3.8) is 0 Å². The smallest absolute Gasteiger partial charge is 0.190 e. The van der Waals surface area contributed by atoms with E-state index in [1.165, 1.54) is 10.4 Å². The molecule has 2 N–H and O–H groups in total. The number of fused-ring (bicyclic) bond motifs is 3. The van der Waals surface area contributed by atoms with E-state index in [-0.39, 0.29) is 0 Å². The average molecular weight is 309 g/mol. The van der Waals surface area contributed by atoms with Crippen molar-refractivity contribution < 1.29 is 4.74 Å². The van der Waals surface area contributed by atoms with E-state index >= 15 is 0 Å². The fraction of sp³-hybridized carbons (Fsp3) is 0.571. The van der Waals surface area contributed by atoms with Crippen LogP contribution < -0.4 is 5.73 Å². The fourth-order valence-electron chi connectivity index (χ4n) is 2.63. The largest absolute Gasteiger partial charge is 0.383 e. The maximum absolute atomic E-state index is 6.18. The van der Waals surface area contributed by atoms with Crippen molar-refractivity contribution >= 4 is 39.1 Å². The molecule has 0 saturated heterocycles. The average Bonchev–Trinajstić information content (AvgIpc) is 2.77. The number of nitrogen functional groups attached to an aromatic ring is 1. The van der Waals surface area contributed by atoms with Gasteiger partial charge < -0.3 is 10.5 Å². The van der Waals surface area contributed by atoms with Crippen LogP contribution >= 0.6 is 23.1 Å². The van der Waals surface area contributed by atoms with Gasteiger partial charge >= 0.3 is 0 Å². The maximum Gasteiger partial charge on any atom is 0.190 e. The number of thioether (sulfide) groups is 1. The van der Waals surface area contributed by atoms with Crippen LogP contribution in [0.25, 0.3) is 10.2 Å². The van der Waals surface area contributed by atoms with Gasteiger partial charge in [-0.25, -0.2) is 9.97 Å². The highest BCUT2D eigenvalue weighted by Gasteiger charge is 2.25. The number of nitrogens with two attached hydrogens (primary N) is 1. The van der Waals surface area contributed by atoms with Gasteiger partial charge in [-0.2, -0.15) is 0 Å². The third kappa shape index (κ3) is 2.52. The molecule has 108 valence electrons. The van der Waals surface area contributed by atoms with Crippen LogP contribution in [0, 0.1) is 0 Å². The molecule has 0 unspecified atom stereocenters. The second-order valence-corrected chi connectivity index (χ2v) is 7.25. The fourth-order valence-corrected chi connectivity index (χ4v) is 4.39. The van der Waals surface area contributed by atoms with Gasteiger partial charge in [0.1, 0.15) is 10.6 Å². The van der Waals surface area contributed by atoms with Crippen molar-refractivity contribution in [3.05, 3.63) is 10.4 Å². The molecule has 1 aliphatic heterocycles. The first-order chi connectivity index (χ1) is 9.72. The lowest BCUT2D eigenvalue weighted by atomic mass is 10.0. The first kappa shape index (κ1) is 14.1. The van der Waals surface area contributed by atoms with Crippen LogP contribution in [0.2, 0.25) is 0 Å². The summed E-state index contributed by atoms with van der Waals surface area (Å²) in [4.78, 5) is 11.4. The Kier molecular flexibility index (Phi) is 4.14. The summed E-state index contributed by atoms with van der Waals surface area (Å²) in [6.07, 6.45) is 3.50. The molecule has 1 aliphatic rings. The van der Waals surface area contributed by atoms with Crippen molar-refractivity contribution in [1.82, 2.24) is 9.97 Å². The van der Waals surface area contributed by atoms with Gasteiger partial charge in [0.05, 0.1) is 18.1 Å². The maximum atomic E-state index is 6.18. The molecule has 1 atom stereocenters. The molecule has 0 spiro atoms. The number of hydrogen-bond acceptors (Lipinski definition) is 6. The molecule has 0 radical (unpaired) electrons.